The van der Waals surface area contributed by atoms with Crippen molar-refractivity contribution in [3.8, 4) is 11.3 Å². The zero-order valence-corrected chi connectivity index (χ0v) is 19.0. The van der Waals surface area contributed by atoms with Gasteiger partial charge < -0.3 is 15.1 Å². The average Bonchev–Trinajstić information content (AvgIpc) is 3.28. The Morgan fingerprint density at radius 3 is 2.39 bits per heavy atom. The number of hydrogen-bond acceptors (Lipinski definition) is 6. The summed E-state index contributed by atoms with van der Waals surface area (Å²) >= 11 is 0. The average molecular weight is 442 g/mol. The van der Waals surface area contributed by atoms with Gasteiger partial charge in [0, 0.05) is 41.5 Å². The van der Waals surface area contributed by atoms with E-state index in [9.17, 15) is 4.79 Å². The molecule has 2 N–H and O–H groups in total. The Morgan fingerprint density at radius 1 is 0.970 bits per heavy atom. The number of benzene rings is 2. The molecule has 2 heterocycles. The molecule has 0 saturated carbocycles. The number of aryl methyl sites for hydroxylation is 2. The molecule has 0 saturated heterocycles. The number of rotatable bonds is 8. The first-order chi connectivity index (χ1) is 16.0. The minimum Gasteiger partial charge on any atom is -0.441 e. The molecule has 0 unspecified atom stereocenters. The maximum Gasteiger partial charge on any atom is 0.224 e. The van der Waals surface area contributed by atoms with Crippen molar-refractivity contribution >= 4 is 23.1 Å². The fourth-order valence-electron chi connectivity index (χ4n) is 3.34. The highest BCUT2D eigenvalue weighted by Crippen LogP contribution is 2.24. The van der Waals surface area contributed by atoms with Gasteiger partial charge in [-0.1, -0.05) is 38.1 Å². The molecule has 33 heavy (non-hydrogen) atoms. The lowest BCUT2D eigenvalue weighted by Gasteiger charge is -2.08. The summed E-state index contributed by atoms with van der Waals surface area (Å²) in [7, 11) is 0. The van der Waals surface area contributed by atoms with Gasteiger partial charge >= 0.3 is 0 Å². The fourth-order valence-corrected chi connectivity index (χ4v) is 3.34. The smallest absolute Gasteiger partial charge is 0.224 e. The summed E-state index contributed by atoms with van der Waals surface area (Å²) < 4.78 is 5.84. The Kier molecular flexibility index (Phi) is 6.78. The summed E-state index contributed by atoms with van der Waals surface area (Å²) in [6, 6.07) is 17.6. The van der Waals surface area contributed by atoms with Crippen LogP contribution in [0.4, 0.5) is 17.2 Å². The fraction of sp³-hybridized carbons (Fsp3) is 0.231. The van der Waals surface area contributed by atoms with Gasteiger partial charge in [0.15, 0.2) is 11.7 Å². The molecule has 1 amide bonds. The maximum atomic E-state index is 12.4. The monoisotopic (exact) mass is 441 g/mol. The predicted octanol–water partition coefficient (Wildman–Crippen LogP) is 5.88. The first-order valence-corrected chi connectivity index (χ1v) is 11.0. The van der Waals surface area contributed by atoms with Crippen molar-refractivity contribution in [3.63, 3.8) is 0 Å². The number of nitrogens with one attached hydrogen (secondary N) is 2. The number of aromatic nitrogens is 3. The van der Waals surface area contributed by atoms with Crippen molar-refractivity contribution in [3.05, 3.63) is 84.3 Å². The van der Waals surface area contributed by atoms with Gasteiger partial charge in [-0.15, -0.1) is 0 Å². The molecular formula is C26H27N5O2. The standard InChI is InChI=1S/C26H27N5O2/c1-17(2)19-4-6-20(7-5-19)23-15-27-26(33-23)13-12-25(32)31-22-10-8-21(9-11-22)30-24-14-18(3)28-16-29-24/h4-11,14-17H,12-13H2,1-3H3,(H,31,32)(H,28,29,30). The van der Waals surface area contributed by atoms with E-state index >= 15 is 0 Å². The lowest BCUT2D eigenvalue weighted by atomic mass is 10.0. The first kappa shape index (κ1) is 22.2. The molecule has 4 aromatic rings. The van der Waals surface area contributed by atoms with Crippen LogP contribution in [0.5, 0.6) is 0 Å². The molecule has 0 spiro atoms. The van der Waals surface area contributed by atoms with Crippen molar-refractivity contribution in [1.82, 2.24) is 15.0 Å². The molecule has 7 heteroatoms. The minimum atomic E-state index is -0.0943. The topological polar surface area (TPSA) is 92.9 Å². The Balaban J connectivity index is 1.28. The zero-order valence-electron chi connectivity index (χ0n) is 19.0. The first-order valence-electron chi connectivity index (χ1n) is 11.0. The maximum absolute atomic E-state index is 12.4. The van der Waals surface area contributed by atoms with Crippen LogP contribution in [0.2, 0.25) is 0 Å². The lowest BCUT2D eigenvalue weighted by molar-refractivity contribution is -0.116. The van der Waals surface area contributed by atoms with E-state index in [0.29, 0.717) is 24.0 Å². The van der Waals surface area contributed by atoms with Crippen LogP contribution >= 0.6 is 0 Å². The van der Waals surface area contributed by atoms with Gasteiger partial charge in [-0.05, 0) is 42.7 Å². The third-order valence-corrected chi connectivity index (χ3v) is 5.23. The summed E-state index contributed by atoms with van der Waals surface area (Å²) in [4.78, 5) is 25.0. The third kappa shape index (κ3) is 6.04. The van der Waals surface area contributed by atoms with Crippen LogP contribution in [0, 0.1) is 6.92 Å². The number of hydrogen-bond donors (Lipinski definition) is 2. The highest BCUT2D eigenvalue weighted by Gasteiger charge is 2.10. The van der Waals surface area contributed by atoms with Gasteiger partial charge in [0.1, 0.15) is 12.1 Å². The van der Waals surface area contributed by atoms with Crippen LogP contribution in [-0.2, 0) is 11.2 Å². The highest BCUT2D eigenvalue weighted by molar-refractivity contribution is 5.91. The molecule has 0 bridgehead atoms. The molecule has 2 aromatic carbocycles. The number of nitrogens with zero attached hydrogens (tertiary/aromatic N) is 3. The molecule has 4 rings (SSSR count). The number of oxazole rings is 1. The Bertz CT molecular complexity index is 1210. The van der Waals surface area contributed by atoms with E-state index in [1.54, 1.807) is 6.20 Å². The largest absolute Gasteiger partial charge is 0.441 e. The van der Waals surface area contributed by atoms with Gasteiger partial charge in [-0.2, -0.15) is 0 Å². The van der Waals surface area contributed by atoms with Gasteiger partial charge in [0.05, 0.1) is 6.20 Å². The third-order valence-electron chi connectivity index (χ3n) is 5.23. The van der Waals surface area contributed by atoms with Crippen LogP contribution in [0.15, 0.2) is 71.5 Å². The number of carbonyl (C=O) groups excluding carboxylic acids is 1. The second-order valence-corrected chi connectivity index (χ2v) is 8.19. The van der Waals surface area contributed by atoms with Gasteiger partial charge in [0.2, 0.25) is 5.91 Å². The van der Waals surface area contributed by atoms with E-state index in [0.717, 1.165) is 28.5 Å². The van der Waals surface area contributed by atoms with Crippen LogP contribution in [0.3, 0.4) is 0 Å². The summed E-state index contributed by atoms with van der Waals surface area (Å²) in [5.74, 6) is 2.37. The Morgan fingerprint density at radius 2 is 1.70 bits per heavy atom. The summed E-state index contributed by atoms with van der Waals surface area (Å²) in [6.07, 6.45) is 3.95. The van der Waals surface area contributed by atoms with E-state index in [1.165, 1.54) is 11.9 Å². The van der Waals surface area contributed by atoms with Gasteiger partial charge in [-0.25, -0.2) is 15.0 Å². The van der Waals surface area contributed by atoms with Crippen LogP contribution in [-0.4, -0.2) is 20.9 Å². The molecule has 168 valence electrons. The van der Waals surface area contributed by atoms with Gasteiger partial charge in [0.25, 0.3) is 0 Å². The molecular weight excluding hydrogens is 414 g/mol. The van der Waals surface area contributed by atoms with E-state index in [-0.39, 0.29) is 12.3 Å². The second-order valence-electron chi connectivity index (χ2n) is 8.19. The Labute approximate surface area is 193 Å². The molecule has 2 aromatic heterocycles. The van der Waals surface area contributed by atoms with Crippen molar-refractivity contribution in [2.75, 3.05) is 10.6 Å². The molecule has 0 aliphatic rings. The second kappa shape index (κ2) is 10.1. The van der Waals surface area contributed by atoms with Gasteiger partial charge in [-0.3, -0.25) is 4.79 Å². The molecule has 7 nitrogen and oxygen atoms in total. The zero-order chi connectivity index (χ0) is 23.2. The van der Waals surface area contributed by atoms with Crippen LogP contribution in [0.1, 0.15) is 43.3 Å². The lowest BCUT2D eigenvalue weighted by Crippen LogP contribution is -2.12. The van der Waals surface area contributed by atoms with Crippen LogP contribution < -0.4 is 10.6 Å². The van der Waals surface area contributed by atoms with Crippen molar-refractivity contribution in [2.45, 2.75) is 39.5 Å². The quantitative estimate of drug-likeness (QED) is 0.355. The normalized spacial score (nSPS) is 10.9. The van der Waals surface area contributed by atoms with Crippen molar-refractivity contribution < 1.29 is 9.21 Å². The number of amides is 1. The predicted molar refractivity (Wildman–Crippen MR) is 129 cm³/mol. The molecule has 0 fully saturated rings. The van der Waals surface area contributed by atoms with Crippen molar-refractivity contribution in [2.24, 2.45) is 0 Å². The van der Waals surface area contributed by atoms with E-state index < -0.39 is 0 Å². The van der Waals surface area contributed by atoms with E-state index in [2.05, 4.69) is 51.6 Å². The number of anilines is 3. The molecule has 0 radical (unpaired) electrons. The minimum absolute atomic E-state index is 0.0943. The summed E-state index contributed by atoms with van der Waals surface area (Å²) in [5, 5.41) is 6.12. The summed E-state index contributed by atoms with van der Waals surface area (Å²) in [5.41, 5.74) is 4.75. The molecule has 0 aliphatic carbocycles. The van der Waals surface area contributed by atoms with Crippen LogP contribution in [0.25, 0.3) is 11.3 Å². The summed E-state index contributed by atoms with van der Waals surface area (Å²) in [6.45, 7) is 6.24. The SMILES string of the molecule is Cc1cc(Nc2ccc(NC(=O)CCc3ncc(-c4ccc(C(C)C)cc4)o3)cc2)ncn1. The van der Waals surface area contributed by atoms with E-state index in [1.807, 2.05) is 49.4 Å². The number of carbonyl (C=O) groups is 1. The van der Waals surface area contributed by atoms with E-state index in [4.69, 9.17) is 4.42 Å². The van der Waals surface area contributed by atoms with Crippen molar-refractivity contribution in [1.29, 1.82) is 0 Å². The molecule has 0 aliphatic heterocycles. The Hall–Kier alpha value is -4.00. The molecule has 0 atom stereocenters. The highest BCUT2D eigenvalue weighted by atomic mass is 16.4.